The maximum absolute atomic E-state index is 4.37. The minimum Gasteiger partial charge on any atom is -0.0981 e. The van der Waals surface area contributed by atoms with E-state index in [0.717, 1.165) is 6.42 Å². The van der Waals surface area contributed by atoms with Crippen molar-refractivity contribution in [3.05, 3.63) is 84.8 Å². The van der Waals surface area contributed by atoms with Gasteiger partial charge < -0.3 is 0 Å². The van der Waals surface area contributed by atoms with Crippen LogP contribution in [0.1, 0.15) is 53.1 Å². The summed E-state index contributed by atoms with van der Waals surface area (Å²) < 4.78 is 1.35. The van der Waals surface area contributed by atoms with Gasteiger partial charge in [0.25, 0.3) is 0 Å². The van der Waals surface area contributed by atoms with Crippen molar-refractivity contribution in [3.8, 4) is 0 Å². The molecule has 0 bridgehead atoms. The Balaban J connectivity index is 1.72. The minimum atomic E-state index is 1.01. The highest BCUT2D eigenvalue weighted by atomic mass is 127. The first kappa shape index (κ1) is 19.8. The van der Waals surface area contributed by atoms with E-state index in [0.29, 0.717) is 0 Å². The van der Waals surface area contributed by atoms with Crippen LogP contribution >= 0.6 is 34.4 Å². The van der Waals surface area contributed by atoms with Crippen LogP contribution in [-0.4, -0.2) is 0 Å². The lowest BCUT2D eigenvalue weighted by molar-refractivity contribution is 0.684. The first-order chi connectivity index (χ1) is 12.5. The monoisotopic (exact) mass is 474 g/mol. The van der Waals surface area contributed by atoms with Crippen molar-refractivity contribution in [1.29, 1.82) is 0 Å². The summed E-state index contributed by atoms with van der Waals surface area (Å²) in [5, 5.41) is 2.29. The smallest absolute Gasteiger partial charge is 0.0162 e. The molecule has 0 N–H and O–H groups in total. The highest BCUT2D eigenvalue weighted by Crippen LogP contribution is 2.34. The number of thioether (sulfide) groups is 1. The van der Waals surface area contributed by atoms with Crippen molar-refractivity contribution in [1.82, 2.24) is 0 Å². The van der Waals surface area contributed by atoms with Crippen LogP contribution in [0, 0.1) is 17.4 Å². The molecule has 0 nitrogen and oxygen atoms in total. The highest BCUT2D eigenvalue weighted by Gasteiger charge is 2.14. The third-order valence-corrected chi connectivity index (χ3v) is 7.37. The molecule has 0 amide bonds. The van der Waals surface area contributed by atoms with Gasteiger partial charge in [0.2, 0.25) is 0 Å². The Kier molecular flexibility index (Phi) is 6.68. The average molecular weight is 474 g/mol. The zero-order valence-corrected chi connectivity index (χ0v) is 19.0. The Labute approximate surface area is 176 Å². The molecule has 1 aliphatic rings. The van der Waals surface area contributed by atoms with Crippen molar-refractivity contribution in [2.75, 3.05) is 0 Å². The summed E-state index contributed by atoms with van der Waals surface area (Å²) in [5.41, 5.74) is 10.00. The standard InChI is InChI=1S/C24H27IS/c1-16(12-21-13-18(3)24(25)14-17(21)2)15-26-19(4)22-11-7-9-20-8-5-6-10-23(20)22/h7,9,11,13-15H,4-6,8,10,12H2,1-3H3/b16-15+. The van der Waals surface area contributed by atoms with Gasteiger partial charge in [0.1, 0.15) is 0 Å². The summed E-state index contributed by atoms with van der Waals surface area (Å²) >= 11 is 4.20. The molecular weight excluding hydrogens is 447 g/mol. The molecule has 0 spiro atoms. The lowest BCUT2D eigenvalue weighted by Crippen LogP contribution is -2.05. The first-order valence-corrected chi connectivity index (χ1v) is 11.3. The van der Waals surface area contributed by atoms with Crippen LogP contribution in [0.15, 0.2) is 47.9 Å². The average Bonchev–Trinajstić information content (AvgIpc) is 2.63. The normalized spacial score (nSPS) is 14.2. The fraction of sp³-hybridized carbons (Fsp3) is 0.333. The largest absolute Gasteiger partial charge is 0.0981 e. The van der Waals surface area contributed by atoms with Gasteiger partial charge in [-0.3, -0.25) is 0 Å². The maximum atomic E-state index is 4.37. The third kappa shape index (κ3) is 4.64. The molecule has 2 aromatic rings. The lowest BCUT2D eigenvalue weighted by atomic mass is 9.88. The van der Waals surface area contributed by atoms with Gasteiger partial charge in [0.15, 0.2) is 0 Å². The van der Waals surface area contributed by atoms with Gasteiger partial charge in [-0.2, -0.15) is 0 Å². The summed E-state index contributed by atoms with van der Waals surface area (Å²) in [6.45, 7) is 11.0. The third-order valence-electron chi connectivity index (χ3n) is 5.19. The number of hydrogen-bond acceptors (Lipinski definition) is 1. The van der Waals surface area contributed by atoms with Crippen LogP contribution in [0.4, 0.5) is 0 Å². The van der Waals surface area contributed by atoms with Crippen molar-refractivity contribution in [3.63, 3.8) is 0 Å². The van der Waals surface area contributed by atoms with Gasteiger partial charge in [-0.15, -0.1) is 0 Å². The topological polar surface area (TPSA) is 0 Å². The first-order valence-electron chi connectivity index (χ1n) is 9.33. The van der Waals surface area contributed by atoms with Crippen molar-refractivity contribution >= 4 is 39.3 Å². The van der Waals surface area contributed by atoms with E-state index in [1.54, 1.807) is 11.8 Å². The Morgan fingerprint density at radius 1 is 1.15 bits per heavy atom. The zero-order valence-electron chi connectivity index (χ0n) is 16.0. The molecule has 0 aliphatic heterocycles. The molecule has 0 fully saturated rings. The molecular formula is C24H27IS. The molecule has 26 heavy (non-hydrogen) atoms. The minimum absolute atomic E-state index is 1.01. The van der Waals surface area contributed by atoms with E-state index in [1.165, 1.54) is 73.1 Å². The van der Waals surface area contributed by atoms with E-state index < -0.39 is 0 Å². The fourth-order valence-electron chi connectivity index (χ4n) is 3.65. The maximum Gasteiger partial charge on any atom is 0.0162 e. The SMILES string of the molecule is C=C(S/C=C(\C)Cc1cc(C)c(I)cc1C)c1cccc2c1CCCC2. The Hall–Kier alpha value is -1.00. The molecule has 3 rings (SSSR count). The summed E-state index contributed by atoms with van der Waals surface area (Å²) in [4.78, 5) is 1.18. The van der Waals surface area contributed by atoms with Gasteiger partial charge in [-0.1, -0.05) is 48.2 Å². The van der Waals surface area contributed by atoms with Gasteiger partial charge in [0, 0.05) is 8.48 Å². The lowest BCUT2D eigenvalue weighted by Gasteiger charge is -2.19. The molecule has 0 radical (unpaired) electrons. The van der Waals surface area contributed by atoms with E-state index in [-0.39, 0.29) is 0 Å². The van der Waals surface area contributed by atoms with Crippen molar-refractivity contribution < 1.29 is 0 Å². The second-order valence-electron chi connectivity index (χ2n) is 7.36. The summed E-state index contributed by atoms with van der Waals surface area (Å²) in [6.07, 6.45) is 6.07. The van der Waals surface area contributed by atoms with E-state index >= 15 is 0 Å². The zero-order chi connectivity index (χ0) is 18.7. The van der Waals surface area contributed by atoms with Crippen LogP contribution in [0.3, 0.4) is 0 Å². The predicted molar refractivity (Wildman–Crippen MR) is 126 cm³/mol. The second kappa shape index (κ2) is 8.79. The molecule has 2 heteroatoms. The second-order valence-corrected chi connectivity index (χ2v) is 9.49. The van der Waals surface area contributed by atoms with Crippen LogP contribution in [-0.2, 0) is 19.3 Å². The molecule has 0 heterocycles. The molecule has 0 unspecified atom stereocenters. The highest BCUT2D eigenvalue weighted by molar-refractivity contribution is 14.1. The van der Waals surface area contributed by atoms with Crippen LogP contribution in [0.5, 0.6) is 0 Å². The molecule has 0 saturated carbocycles. The number of benzene rings is 2. The Morgan fingerprint density at radius 2 is 1.92 bits per heavy atom. The summed E-state index contributed by atoms with van der Waals surface area (Å²) in [6, 6.07) is 11.4. The van der Waals surface area contributed by atoms with Gasteiger partial charge in [-0.25, -0.2) is 0 Å². The van der Waals surface area contributed by atoms with Crippen LogP contribution < -0.4 is 0 Å². The van der Waals surface area contributed by atoms with E-state index in [9.17, 15) is 0 Å². The number of rotatable bonds is 5. The summed E-state index contributed by atoms with van der Waals surface area (Å²) in [5.74, 6) is 0. The number of halogens is 1. The van der Waals surface area contributed by atoms with Gasteiger partial charge >= 0.3 is 0 Å². The van der Waals surface area contributed by atoms with Gasteiger partial charge in [0.05, 0.1) is 0 Å². The molecule has 136 valence electrons. The molecule has 0 atom stereocenters. The fourth-order valence-corrected chi connectivity index (χ4v) is 5.02. The van der Waals surface area contributed by atoms with E-state index in [2.05, 4.69) is 85.7 Å². The quantitative estimate of drug-likeness (QED) is 0.402. The van der Waals surface area contributed by atoms with Gasteiger partial charge in [-0.05, 0) is 120 Å². The van der Waals surface area contributed by atoms with Crippen molar-refractivity contribution in [2.45, 2.75) is 52.9 Å². The number of allylic oxidation sites excluding steroid dienone is 1. The van der Waals surface area contributed by atoms with Crippen LogP contribution in [0.2, 0.25) is 0 Å². The van der Waals surface area contributed by atoms with E-state index in [4.69, 9.17) is 0 Å². The predicted octanol–water partition coefficient (Wildman–Crippen LogP) is 7.64. The van der Waals surface area contributed by atoms with Crippen LogP contribution in [0.25, 0.3) is 4.91 Å². The summed E-state index contributed by atoms with van der Waals surface area (Å²) in [7, 11) is 0. The molecule has 1 aliphatic carbocycles. The Bertz CT molecular complexity index is 861. The number of hydrogen-bond donors (Lipinski definition) is 0. The van der Waals surface area contributed by atoms with Crippen molar-refractivity contribution in [2.24, 2.45) is 0 Å². The Morgan fingerprint density at radius 3 is 2.73 bits per heavy atom. The number of fused-ring (bicyclic) bond motifs is 1. The molecule has 0 saturated heterocycles. The van der Waals surface area contributed by atoms with E-state index in [1.807, 2.05) is 0 Å². The molecule has 0 aromatic heterocycles. The molecule has 2 aromatic carbocycles. The number of aryl methyl sites for hydroxylation is 3.